The summed E-state index contributed by atoms with van der Waals surface area (Å²) in [6.45, 7) is 7.61. The first-order chi connectivity index (χ1) is 10.8. The van der Waals surface area contributed by atoms with Crippen LogP contribution in [0.3, 0.4) is 0 Å². The van der Waals surface area contributed by atoms with Gasteiger partial charge in [-0.25, -0.2) is 4.79 Å². The second kappa shape index (κ2) is 7.86. The van der Waals surface area contributed by atoms with Crippen LogP contribution < -0.4 is 4.74 Å². The van der Waals surface area contributed by atoms with Crippen LogP contribution in [0.4, 0.5) is 4.79 Å². The molecule has 23 heavy (non-hydrogen) atoms. The smallest absolute Gasteiger partial charge is 0.410 e. The molecule has 0 atom stereocenters. The highest BCUT2D eigenvalue weighted by Crippen LogP contribution is 2.24. The number of para-hydroxylation sites is 1. The zero-order valence-corrected chi connectivity index (χ0v) is 15.6. The van der Waals surface area contributed by atoms with Crippen LogP contribution in [0, 0.1) is 0 Å². The maximum atomic E-state index is 12.0. The highest BCUT2D eigenvalue weighted by atomic mass is 79.9. The van der Waals surface area contributed by atoms with Gasteiger partial charge in [0.15, 0.2) is 0 Å². The Labute approximate surface area is 146 Å². The Balaban J connectivity index is 1.77. The zero-order chi connectivity index (χ0) is 16.9. The van der Waals surface area contributed by atoms with Gasteiger partial charge < -0.3 is 14.4 Å². The lowest BCUT2D eigenvalue weighted by Crippen LogP contribution is -2.39. The quantitative estimate of drug-likeness (QED) is 0.704. The molecule has 126 valence electrons. The third-order valence-electron chi connectivity index (χ3n) is 3.47. The third-order valence-corrected chi connectivity index (χ3v) is 4.13. The molecule has 0 saturated heterocycles. The van der Waals surface area contributed by atoms with Crippen LogP contribution in [0.2, 0.25) is 0 Å². The lowest BCUT2D eigenvalue weighted by atomic mass is 10.1. The molecule has 0 unspecified atom stereocenters. The molecule has 1 aromatic carbocycles. The standard InChI is InChI=1S/C18H24BrNO3/c1-18(2,3)23-17(21)20-11-8-14(9-12-20)10-13-22-16-7-5-4-6-15(16)19/h4-8H,9-13H2,1-3H3. The lowest BCUT2D eigenvalue weighted by Gasteiger charge is -2.29. The van der Waals surface area contributed by atoms with E-state index in [1.54, 1.807) is 4.90 Å². The van der Waals surface area contributed by atoms with E-state index in [0.29, 0.717) is 19.7 Å². The van der Waals surface area contributed by atoms with Crippen LogP contribution in [-0.2, 0) is 4.74 Å². The average Bonchev–Trinajstić information content (AvgIpc) is 2.48. The summed E-state index contributed by atoms with van der Waals surface area (Å²) in [5, 5.41) is 0. The molecule has 0 aliphatic carbocycles. The number of carbonyl (C=O) groups excluding carboxylic acids is 1. The summed E-state index contributed by atoms with van der Waals surface area (Å²) in [4.78, 5) is 13.7. The number of benzene rings is 1. The molecule has 0 spiro atoms. The Hall–Kier alpha value is -1.49. The first-order valence-electron chi connectivity index (χ1n) is 7.88. The van der Waals surface area contributed by atoms with Gasteiger partial charge in [0.05, 0.1) is 11.1 Å². The molecular weight excluding hydrogens is 358 g/mol. The fourth-order valence-electron chi connectivity index (χ4n) is 2.28. The summed E-state index contributed by atoms with van der Waals surface area (Å²) in [6, 6.07) is 7.84. The number of nitrogens with zero attached hydrogens (tertiary/aromatic N) is 1. The van der Waals surface area contributed by atoms with Crippen molar-refractivity contribution in [1.82, 2.24) is 4.90 Å². The second-order valence-corrected chi connectivity index (χ2v) is 7.42. The summed E-state index contributed by atoms with van der Waals surface area (Å²) in [5.41, 5.74) is 0.884. The van der Waals surface area contributed by atoms with Crippen LogP contribution in [0.5, 0.6) is 5.75 Å². The number of halogens is 1. The van der Waals surface area contributed by atoms with Gasteiger partial charge in [0.1, 0.15) is 11.4 Å². The molecule has 1 aromatic rings. The maximum absolute atomic E-state index is 12.0. The van der Waals surface area contributed by atoms with E-state index in [1.807, 2.05) is 45.0 Å². The molecule has 4 nitrogen and oxygen atoms in total. The molecule has 2 rings (SSSR count). The molecule has 0 N–H and O–H groups in total. The van der Waals surface area contributed by atoms with Gasteiger partial charge in [-0.2, -0.15) is 0 Å². The molecule has 0 aromatic heterocycles. The molecular formula is C18H24BrNO3. The normalized spacial score (nSPS) is 15.1. The Kier molecular flexibility index (Phi) is 6.10. The average molecular weight is 382 g/mol. The van der Waals surface area contributed by atoms with E-state index in [0.717, 1.165) is 23.1 Å². The topological polar surface area (TPSA) is 38.8 Å². The SMILES string of the molecule is CC(C)(C)OC(=O)N1CC=C(CCOc2ccccc2Br)CC1. The Bertz CT molecular complexity index is 578. The largest absolute Gasteiger partial charge is 0.492 e. The van der Waals surface area contributed by atoms with Crippen molar-refractivity contribution in [2.45, 2.75) is 39.2 Å². The van der Waals surface area contributed by atoms with Gasteiger partial charge in [0.2, 0.25) is 0 Å². The first-order valence-corrected chi connectivity index (χ1v) is 8.67. The minimum absolute atomic E-state index is 0.239. The van der Waals surface area contributed by atoms with E-state index in [4.69, 9.17) is 9.47 Å². The molecule has 1 aliphatic heterocycles. The van der Waals surface area contributed by atoms with Crippen molar-refractivity contribution in [3.63, 3.8) is 0 Å². The van der Waals surface area contributed by atoms with Gasteiger partial charge in [0, 0.05) is 19.5 Å². The molecule has 5 heteroatoms. The molecule has 1 heterocycles. The van der Waals surface area contributed by atoms with E-state index < -0.39 is 5.60 Å². The van der Waals surface area contributed by atoms with Gasteiger partial charge >= 0.3 is 6.09 Å². The van der Waals surface area contributed by atoms with Crippen molar-refractivity contribution in [1.29, 1.82) is 0 Å². The van der Waals surface area contributed by atoms with Crippen molar-refractivity contribution < 1.29 is 14.3 Å². The Morgan fingerprint density at radius 3 is 2.65 bits per heavy atom. The van der Waals surface area contributed by atoms with E-state index >= 15 is 0 Å². The minimum atomic E-state index is -0.446. The second-order valence-electron chi connectivity index (χ2n) is 6.57. The number of amides is 1. The highest BCUT2D eigenvalue weighted by Gasteiger charge is 2.23. The number of hydrogen-bond donors (Lipinski definition) is 0. The first kappa shape index (κ1) is 17.9. The summed E-state index contributed by atoms with van der Waals surface area (Å²) in [5.74, 6) is 0.860. The summed E-state index contributed by atoms with van der Waals surface area (Å²) < 4.78 is 12.1. The number of rotatable bonds is 4. The van der Waals surface area contributed by atoms with Gasteiger partial charge in [0.25, 0.3) is 0 Å². The van der Waals surface area contributed by atoms with Crippen LogP contribution >= 0.6 is 15.9 Å². The van der Waals surface area contributed by atoms with Gasteiger partial charge in [-0.15, -0.1) is 0 Å². The molecule has 0 bridgehead atoms. The number of carbonyl (C=O) groups is 1. The molecule has 0 saturated carbocycles. The van der Waals surface area contributed by atoms with Crippen molar-refractivity contribution in [3.8, 4) is 5.75 Å². The predicted molar refractivity (Wildman–Crippen MR) is 94.8 cm³/mol. The van der Waals surface area contributed by atoms with Gasteiger partial charge in [-0.3, -0.25) is 0 Å². The maximum Gasteiger partial charge on any atom is 0.410 e. The Morgan fingerprint density at radius 2 is 2.04 bits per heavy atom. The van der Waals surface area contributed by atoms with E-state index in [2.05, 4.69) is 22.0 Å². The monoisotopic (exact) mass is 381 g/mol. The van der Waals surface area contributed by atoms with Crippen molar-refractivity contribution in [2.75, 3.05) is 19.7 Å². The molecule has 1 aliphatic rings. The molecule has 0 radical (unpaired) electrons. The fraction of sp³-hybridized carbons (Fsp3) is 0.500. The van der Waals surface area contributed by atoms with Crippen LogP contribution in [0.1, 0.15) is 33.6 Å². The highest BCUT2D eigenvalue weighted by molar-refractivity contribution is 9.10. The third kappa shape index (κ3) is 5.90. The molecule has 0 fully saturated rings. The predicted octanol–water partition coefficient (Wildman–Crippen LogP) is 4.79. The van der Waals surface area contributed by atoms with Crippen molar-refractivity contribution in [2.24, 2.45) is 0 Å². The number of hydrogen-bond acceptors (Lipinski definition) is 3. The number of ether oxygens (including phenoxy) is 2. The van der Waals surface area contributed by atoms with Crippen LogP contribution in [0.25, 0.3) is 0 Å². The van der Waals surface area contributed by atoms with Crippen molar-refractivity contribution in [3.05, 3.63) is 40.4 Å². The summed E-state index contributed by atoms with van der Waals surface area (Å²) in [6.07, 6.45) is 3.62. The fourth-order valence-corrected chi connectivity index (χ4v) is 2.68. The van der Waals surface area contributed by atoms with Gasteiger partial charge in [-0.05, 0) is 55.3 Å². The van der Waals surface area contributed by atoms with Crippen LogP contribution in [-0.4, -0.2) is 36.3 Å². The van der Waals surface area contributed by atoms with Crippen LogP contribution in [0.15, 0.2) is 40.4 Å². The van der Waals surface area contributed by atoms with E-state index in [-0.39, 0.29) is 6.09 Å². The molecule has 1 amide bonds. The minimum Gasteiger partial charge on any atom is -0.492 e. The van der Waals surface area contributed by atoms with E-state index in [1.165, 1.54) is 5.57 Å². The van der Waals surface area contributed by atoms with E-state index in [9.17, 15) is 4.79 Å². The van der Waals surface area contributed by atoms with Gasteiger partial charge in [-0.1, -0.05) is 23.8 Å². The zero-order valence-electron chi connectivity index (χ0n) is 14.0. The summed E-state index contributed by atoms with van der Waals surface area (Å²) in [7, 11) is 0. The van der Waals surface area contributed by atoms with Crippen molar-refractivity contribution >= 4 is 22.0 Å². The summed E-state index contributed by atoms with van der Waals surface area (Å²) >= 11 is 3.47. The lowest BCUT2D eigenvalue weighted by molar-refractivity contribution is 0.0265. The Morgan fingerprint density at radius 1 is 1.30 bits per heavy atom.